The first-order valence-electron chi connectivity index (χ1n) is 7.19. The second-order valence-electron chi connectivity index (χ2n) is 5.66. The average Bonchev–Trinajstić information content (AvgIpc) is 3.02. The summed E-state index contributed by atoms with van der Waals surface area (Å²) < 4.78 is 5.23. The first-order chi connectivity index (χ1) is 10.1. The highest BCUT2D eigenvalue weighted by atomic mass is 35.5. The number of nitrogens with zero attached hydrogens (tertiary/aromatic N) is 1. The number of fused-ring (bicyclic) bond motifs is 1. The number of ether oxygens (including phenoxy) is 1. The van der Waals surface area contributed by atoms with Crippen LogP contribution in [0.4, 0.5) is 11.4 Å². The third kappa shape index (κ3) is 2.61. The summed E-state index contributed by atoms with van der Waals surface area (Å²) in [6, 6.07) is 3.57. The van der Waals surface area contributed by atoms with Gasteiger partial charge in [0.25, 0.3) is 0 Å². The number of hydrogen-bond acceptors (Lipinski definition) is 4. The standard InChI is InChI=1S/C15H20ClN3O2/c1-17-14-10-5-11(16)13(6-12(10)18-15(14)20)19-4-3-9(7-19)8-21-2/h5-6,9,14,17H,3-4,7-8H2,1-2H3,(H,18,20). The molecule has 0 spiro atoms. The third-order valence-corrected chi connectivity index (χ3v) is 4.57. The lowest BCUT2D eigenvalue weighted by Gasteiger charge is -2.21. The van der Waals surface area contributed by atoms with Gasteiger partial charge in [0, 0.05) is 37.4 Å². The second-order valence-corrected chi connectivity index (χ2v) is 6.07. The summed E-state index contributed by atoms with van der Waals surface area (Å²) in [5.74, 6) is 0.512. The van der Waals surface area contributed by atoms with Crippen LogP contribution < -0.4 is 15.5 Å². The van der Waals surface area contributed by atoms with Gasteiger partial charge in [-0.3, -0.25) is 4.79 Å². The number of halogens is 1. The van der Waals surface area contributed by atoms with Crippen LogP contribution in [0.2, 0.25) is 5.02 Å². The van der Waals surface area contributed by atoms with Crippen LogP contribution in [0, 0.1) is 5.92 Å². The zero-order valence-corrected chi connectivity index (χ0v) is 13.0. The van der Waals surface area contributed by atoms with Crippen molar-refractivity contribution >= 4 is 28.9 Å². The Morgan fingerprint density at radius 1 is 1.52 bits per heavy atom. The molecule has 0 radical (unpaired) electrons. The van der Waals surface area contributed by atoms with E-state index in [1.807, 2.05) is 12.1 Å². The number of rotatable bonds is 4. The lowest BCUT2D eigenvalue weighted by molar-refractivity contribution is -0.117. The van der Waals surface area contributed by atoms with E-state index in [1.54, 1.807) is 14.2 Å². The summed E-state index contributed by atoms with van der Waals surface area (Å²) in [4.78, 5) is 14.2. The van der Waals surface area contributed by atoms with Crippen LogP contribution in [0.3, 0.4) is 0 Å². The zero-order chi connectivity index (χ0) is 15.0. The minimum absolute atomic E-state index is 0.0283. The maximum atomic E-state index is 11.9. The molecule has 0 saturated carbocycles. The van der Waals surface area contributed by atoms with Gasteiger partial charge in [-0.2, -0.15) is 0 Å². The Morgan fingerprint density at radius 2 is 2.33 bits per heavy atom. The van der Waals surface area contributed by atoms with E-state index < -0.39 is 0 Å². The van der Waals surface area contributed by atoms with Crippen LogP contribution in [-0.2, 0) is 9.53 Å². The Bertz CT molecular complexity index is 564. The largest absolute Gasteiger partial charge is 0.384 e. The molecule has 0 aliphatic carbocycles. The number of hydrogen-bond donors (Lipinski definition) is 2. The molecule has 1 aromatic rings. The van der Waals surface area contributed by atoms with Crippen LogP contribution in [0.5, 0.6) is 0 Å². The van der Waals surface area contributed by atoms with Gasteiger partial charge in [0.15, 0.2) is 0 Å². The molecule has 114 valence electrons. The van der Waals surface area contributed by atoms with E-state index in [0.717, 1.165) is 43.1 Å². The molecule has 2 aliphatic heterocycles. The molecule has 1 amide bonds. The van der Waals surface area contributed by atoms with E-state index in [4.69, 9.17) is 16.3 Å². The van der Waals surface area contributed by atoms with E-state index in [-0.39, 0.29) is 11.9 Å². The van der Waals surface area contributed by atoms with Crippen molar-refractivity contribution in [1.82, 2.24) is 5.32 Å². The second kappa shape index (κ2) is 5.83. The maximum absolute atomic E-state index is 11.9. The number of nitrogens with one attached hydrogen (secondary N) is 2. The van der Waals surface area contributed by atoms with Crippen LogP contribution in [0.15, 0.2) is 12.1 Å². The minimum Gasteiger partial charge on any atom is -0.384 e. The number of likely N-dealkylation sites (N-methyl/N-ethyl adjacent to an activating group) is 1. The van der Waals surface area contributed by atoms with Crippen molar-refractivity contribution in [3.63, 3.8) is 0 Å². The molecule has 1 saturated heterocycles. The van der Waals surface area contributed by atoms with Gasteiger partial charge in [-0.15, -0.1) is 0 Å². The fraction of sp³-hybridized carbons (Fsp3) is 0.533. The molecular weight excluding hydrogens is 290 g/mol. The fourth-order valence-corrected chi connectivity index (χ4v) is 3.51. The molecule has 6 heteroatoms. The van der Waals surface area contributed by atoms with Crippen molar-refractivity contribution in [2.24, 2.45) is 5.92 Å². The van der Waals surface area contributed by atoms with Crippen LogP contribution in [0.25, 0.3) is 0 Å². The summed E-state index contributed by atoms with van der Waals surface area (Å²) >= 11 is 6.44. The highest BCUT2D eigenvalue weighted by Gasteiger charge is 2.32. The molecular formula is C15H20ClN3O2. The molecule has 2 unspecified atom stereocenters. The molecule has 3 rings (SSSR count). The molecule has 0 aromatic heterocycles. The molecule has 2 atom stereocenters. The molecule has 1 fully saturated rings. The van der Waals surface area contributed by atoms with Gasteiger partial charge in [0.1, 0.15) is 6.04 Å². The monoisotopic (exact) mass is 309 g/mol. The quantitative estimate of drug-likeness (QED) is 0.893. The van der Waals surface area contributed by atoms with Crippen LogP contribution in [-0.4, -0.2) is 39.8 Å². The van der Waals surface area contributed by atoms with Crippen molar-refractivity contribution in [3.8, 4) is 0 Å². The first-order valence-corrected chi connectivity index (χ1v) is 7.57. The zero-order valence-electron chi connectivity index (χ0n) is 12.3. The van der Waals surface area contributed by atoms with Crippen molar-refractivity contribution < 1.29 is 9.53 Å². The SMILES string of the molecule is CNC1C(=O)Nc2cc(N3CCC(COC)C3)c(Cl)cc21. The molecule has 2 heterocycles. The molecule has 21 heavy (non-hydrogen) atoms. The molecule has 2 aliphatic rings. The van der Waals surface area contributed by atoms with Crippen LogP contribution >= 0.6 is 11.6 Å². The summed E-state index contributed by atoms with van der Waals surface area (Å²) in [5, 5.41) is 6.62. The van der Waals surface area contributed by atoms with E-state index >= 15 is 0 Å². The van der Waals surface area contributed by atoms with Crippen molar-refractivity contribution in [1.29, 1.82) is 0 Å². The average molecular weight is 310 g/mol. The Hall–Kier alpha value is -1.30. The first kappa shape index (κ1) is 14.6. The summed E-state index contributed by atoms with van der Waals surface area (Å²) in [6.45, 7) is 2.68. The smallest absolute Gasteiger partial charge is 0.246 e. The van der Waals surface area contributed by atoms with E-state index in [2.05, 4.69) is 15.5 Å². The fourth-order valence-electron chi connectivity index (χ4n) is 3.22. The number of benzene rings is 1. The maximum Gasteiger partial charge on any atom is 0.246 e. The summed E-state index contributed by atoms with van der Waals surface area (Å²) in [7, 11) is 3.51. The predicted octanol–water partition coefficient (Wildman–Crippen LogP) is 2.03. The predicted molar refractivity (Wildman–Crippen MR) is 84.1 cm³/mol. The molecule has 2 N–H and O–H groups in total. The number of carbonyl (C=O) groups excluding carboxylic acids is 1. The van der Waals surface area contributed by atoms with Gasteiger partial charge in [-0.25, -0.2) is 0 Å². The number of amides is 1. The van der Waals surface area contributed by atoms with E-state index in [0.29, 0.717) is 10.9 Å². The van der Waals surface area contributed by atoms with Gasteiger partial charge in [-0.05, 0) is 25.6 Å². The number of carbonyl (C=O) groups is 1. The minimum atomic E-state index is -0.314. The lowest BCUT2D eigenvalue weighted by atomic mass is 10.1. The van der Waals surface area contributed by atoms with E-state index in [9.17, 15) is 4.79 Å². The van der Waals surface area contributed by atoms with Gasteiger partial charge < -0.3 is 20.3 Å². The summed E-state index contributed by atoms with van der Waals surface area (Å²) in [6.07, 6.45) is 1.10. The Labute approximate surface area is 129 Å². The highest BCUT2D eigenvalue weighted by molar-refractivity contribution is 6.33. The van der Waals surface area contributed by atoms with Gasteiger partial charge in [0.2, 0.25) is 5.91 Å². The van der Waals surface area contributed by atoms with Gasteiger partial charge >= 0.3 is 0 Å². The number of anilines is 2. The summed E-state index contributed by atoms with van der Waals surface area (Å²) in [5.41, 5.74) is 2.77. The van der Waals surface area contributed by atoms with Crippen LogP contribution in [0.1, 0.15) is 18.0 Å². The Balaban J connectivity index is 1.86. The lowest BCUT2D eigenvalue weighted by Crippen LogP contribution is -2.23. The van der Waals surface area contributed by atoms with E-state index in [1.165, 1.54) is 0 Å². The van der Waals surface area contributed by atoms with Gasteiger partial charge in [-0.1, -0.05) is 11.6 Å². The van der Waals surface area contributed by atoms with Crippen molar-refractivity contribution in [3.05, 3.63) is 22.7 Å². The molecule has 0 bridgehead atoms. The van der Waals surface area contributed by atoms with Crippen molar-refractivity contribution in [2.75, 3.05) is 44.1 Å². The van der Waals surface area contributed by atoms with Gasteiger partial charge in [0.05, 0.1) is 17.3 Å². The van der Waals surface area contributed by atoms with Crippen molar-refractivity contribution in [2.45, 2.75) is 12.5 Å². The number of methoxy groups -OCH3 is 1. The normalized spacial score (nSPS) is 24.3. The topological polar surface area (TPSA) is 53.6 Å². The molecule has 1 aromatic carbocycles. The Morgan fingerprint density at radius 3 is 3.05 bits per heavy atom. The third-order valence-electron chi connectivity index (χ3n) is 4.27. The Kier molecular flexibility index (Phi) is 4.06. The highest BCUT2D eigenvalue weighted by Crippen LogP contribution is 2.40. The molecule has 5 nitrogen and oxygen atoms in total.